The second kappa shape index (κ2) is 9.36. The number of aliphatic hydroxyl groups excluding tert-OH is 2. The molecule has 0 saturated heterocycles. The van der Waals surface area contributed by atoms with Crippen molar-refractivity contribution in [1.82, 2.24) is 0 Å². The number of aliphatic hydroxyl groups is 2. The molecular weight excluding hydrogens is 372 g/mol. The van der Waals surface area contributed by atoms with Gasteiger partial charge in [-0.2, -0.15) is 0 Å². The van der Waals surface area contributed by atoms with Crippen LogP contribution in [0.5, 0.6) is 0 Å². The second-order valence-electron chi connectivity index (χ2n) is 11.0. The quantitative estimate of drug-likeness (QED) is 0.440. The van der Waals surface area contributed by atoms with Crippen molar-refractivity contribution in [2.24, 2.45) is 35.0 Å². The average Bonchev–Trinajstić information content (AvgIpc) is 3.05. The van der Waals surface area contributed by atoms with Gasteiger partial charge >= 0.3 is 0 Å². The van der Waals surface area contributed by atoms with E-state index in [2.05, 4.69) is 19.9 Å². The minimum atomic E-state index is -0.0952. The zero-order valence-corrected chi connectivity index (χ0v) is 19.5. The number of fused-ring (bicyclic) bond motifs is 5. The van der Waals surface area contributed by atoms with Crippen LogP contribution in [0.25, 0.3) is 0 Å². The fraction of sp³-hybridized carbons (Fsp3) is 0.852. The maximum Gasteiger partial charge on any atom is 0.102 e. The van der Waals surface area contributed by atoms with Gasteiger partial charge in [-0.25, -0.2) is 0 Å². The molecule has 8 atom stereocenters. The number of ether oxygens (including phenoxy) is 1. The van der Waals surface area contributed by atoms with Crippen LogP contribution in [-0.4, -0.2) is 29.5 Å². The van der Waals surface area contributed by atoms with Gasteiger partial charge in [0.1, 0.15) is 5.76 Å². The molecule has 2 N–H and O–H groups in total. The molecule has 4 unspecified atom stereocenters. The molecule has 3 fully saturated rings. The van der Waals surface area contributed by atoms with Crippen molar-refractivity contribution in [2.75, 3.05) is 7.11 Å². The molecule has 4 aliphatic rings. The monoisotopic (exact) mass is 416 g/mol. The fourth-order valence-electron chi connectivity index (χ4n) is 7.75. The minimum Gasteiger partial charge on any atom is -0.511 e. The van der Waals surface area contributed by atoms with Crippen molar-refractivity contribution in [3.63, 3.8) is 0 Å². The lowest BCUT2D eigenvalue weighted by Gasteiger charge is -2.56. The summed E-state index contributed by atoms with van der Waals surface area (Å²) >= 11 is 0. The summed E-state index contributed by atoms with van der Waals surface area (Å²) in [4.78, 5) is 0. The predicted molar refractivity (Wildman–Crippen MR) is 122 cm³/mol. The molecule has 0 radical (unpaired) electrons. The molecule has 0 bridgehead atoms. The summed E-state index contributed by atoms with van der Waals surface area (Å²) in [6, 6.07) is 0. The maximum absolute atomic E-state index is 10.6. The van der Waals surface area contributed by atoms with Crippen LogP contribution in [0.4, 0.5) is 0 Å². The highest BCUT2D eigenvalue weighted by Gasteiger charge is 2.54. The summed E-state index contributed by atoms with van der Waals surface area (Å²) in [5, 5.41) is 21.0. The second-order valence-corrected chi connectivity index (χ2v) is 11.0. The van der Waals surface area contributed by atoms with E-state index in [-0.39, 0.29) is 11.5 Å². The van der Waals surface area contributed by atoms with Crippen LogP contribution in [0.2, 0.25) is 0 Å². The van der Waals surface area contributed by atoms with Crippen LogP contribution in [0.15, 0.2) is 23.5 Å². The number of allylic oxidation sites excluding steroid dienone is 3. The number of unbranched alkanes of at least 4 members (excludes halogenated alkanes) is 2. The summed E-state index contributed by atoms with van der Waals surface area (Å²) in [6.45, 7) is 4.48. The topological polar surface area (TPSA) is 49.7 Å². The Kier molecular flexibility index (Phi) is 6.99. The van der Waals surface area contributed by atoms with Gasteiger partial charge in [-0.15, -0.1) is 0 Å². The van der Waals surface area contributed by atoms with E-state index >= 15 is 0 Å². The number of hydrogen-bond donors (Lipinski definition) is 2. The van der Waals surface area contributed by atoms with Gasteiger partial charge < -0.3 is 14.9 Å². The lowest BCUT2D eigenvalue weighted by molar-refractivity contribution is -0.0499. The molecule has 170 valence electrons. The minimum absolute atomic E-state index is 0.0809. The molecule has 0 aromatic heterocycles. The molecule has 0 heterocycles. The van der Waals surface area contributed by atoms with Gasteiger partial charge in [0.15, 0.2) is 0 Å². The summed E-state index contributed by atoms with van der Waals surface area (Å²) < 4.78 is 5.54. The van der Waals surface area contributed by atoms with Gasteiger partial charge in [0, 0.05) is 12.5 Å². The van der Waals surface area contributed by atoms with Gasteiger partial charge in [0.05, 0.1) is 12.2 Å². The normalized spacial score (nSPS) is 41.3. The van der Waals surface area contributed by atoms with Crippen LogP contribution < -0.4 is 0 Å². The average molecular weight is 417 g/mol. The summed E-state index contributed by atoms with van der Waals surface area (Å²) in [7, 11) is 1.84. The van der Waals surface area contributed by atoms with Gasteiger partial charge in [-0.1, -0.05) is 44.3 Å². The molecule has 0 aromatic rings. The number of methoxy groups -OCH3 is 1. The zero-order valence-electron chi connectivity index (χ0n) is 19.5. The first-order valence-electron chi connectivity index (χ1n) is 12.8. The van der Waals surface area contributed by atoms with Crippen molar-refractivity contribution in [1.29, 1.82) is 0 Å². The fourth-order valence-corrected chi connectivity index (χ4v) is 7.75. The van der Waals surface area contributed by atoms with E-state index in [9.17, 15) is 10.2 Å². The smallest absolute Gasteiger partial charge is 0.102 e. The van der Waals surface area contributed by atoms with Crippen molar-refractivity contribution >= 4 is 0 Å². The zero-order chi connectivity index (χ0) is 21.3. The van der Waals surface area contributed by atoms with Crippen molar-refractivity contribution < 1.29 is 14.9 Å². The standard InChI is InChI=1S/C27H44O3/c1-4-20(30-3)9-7-5-6-8-18-16-24-22(21-11-10-19(28)17-23(18)21)14-15-27(2)25(24)12-13-26(27)29/h12-13,18-24,28-29H,4-11,14-17H2,1-3H3/t18-,19?,20?,21?,22+,23?,24-,27+/m1/s1. The van der Waals surface area contributed by atoms with E-state index in [1.807, 2.05) is 13.2 Å². The Bertz CT molecular complexity index is 648. The van der Waals surface area contributed by atoms with Crippen LogP contribution >= 0.6 is 0 Å². The predicted octanol–water partition coefficient (Wildman–Crippen LogP) is 6.57. The van der Waals surface area contributed by atoms with Gasteiger partial charge in [-0.05, 0) is 94.0 Å². The Morgan fingerprint density at radius 3 is 2.67 bits per heavy atom. The van der Waals surface area contributed by atoms with Crippen molar-refractivity contribution in [3.8, 4) is 0 Å². The third kappa shape index (κ3) is 4.13. The summed E-state index contributed by atoms with van der Waals surface area (Å²) in [5.41, 5.74) is 1.43. The van der Waals surface area contributed by atoms with Gasteiger partial charge in [0.25, 0.3) is 0 Å². The molecule has 0 aromatic carbocycles. The molecule has 0 spiro atoms. The van der Waals surface area contributed by atoms with Crippen molar-refractivity contribution in [3.05, 3.63) is 23.5 Å². The Labute approximate surface area is 184 Å². The highest BCUT2D eigenvalue weighted by Crippen LogP contribution is 2.62. The molecule has 0 amide bonds. The number of hydrogen-bond acceptors (Lipinski definition) is 3. The Hall–Kier alpha value is -0.800. The van der Waals surface area contributed by atoms with E-state index in [1.165, 1.54) is 56.9 Å². The maximum atomic E-state index is 10.6. The Balaban J connectivity index is 1.41. The lowest BCUT2D eigenvalue weighted by atomic mass is 9.49. The van der Waals surface area contributed by atoms with Crippen LogP contribution in [0.3, 0.4) is 0 Å². The molecular formula is C27H44O3. The van der Waals surface area contributed by atoms with E-state index in [4.69, 9.17) is 4.74 Å². The van der Waals surface area contributed by atoms with Gasteiger partial charge in [-0.3, -0.25) is 0 Å². The van der Waals surface area contributed by atoms with E-state index in [1.54, 1.807) is 0 Å². The third-order valence-electron chi connectivity index (χ3n) is 9.55. The first-order valence-corrected chi connectivity index (χ1v) is 12.8. The van der Waals surface area contributed by atoms with Crippen LogP contribution in [-0.2, 0) is 4.74 Å². The van der Waals surface area contributed by atoms with E-state index in [0.29, 0.717) is 23.7 Å². The molecule has 0 aliphatic heterocycles. The lowest BCUT2D eigenvalue weighted by Crippen LogP contribution is -2.48. The van der Waals surface area contributed by atoms with Gasteiger partial charge in [0.2, 0.25) is 0 Å². The Morgan fingerprint density at radius 2 is 1.90 bits per heavy atom. The molecule has 4 aliphatic carbocycles. The first kappa shape index (κ1) is 22.4. The third-order valence-corrected chi connectivity index (χ3v) is 9.55. The first-order chi connectivity index (χ1) is 14.5. The summed E-state index contributed by atoms with van der Waals surface area (Å²) in [6.07, 6.45) is 18.9. The highest BCUT2D eigenvalue weighted by atomic mass is 16.5. The van der Waals surface area contributed by atoms with Crippen molar-refractivity contribution in [2.45, 2.75) is 103 Å². The van der Waals surface area contributed by atoms with E-state index < -0.39 is 0 Å². The summed E-state index contributed by atoms with van der Waals surface area (Å²) in [5.74, 6) is 4.24. The number of rotatable bonds is 8. The molecule has 3 nitrogen and oxygen atoms in total. The molecule has 3 saturated carbocycles. The van der Waals surface area contributed by atoms with E-state index in [0.717, 1.165) is 43.4 Å². The molecule has 4 rings (SSSR count). The van der Waals surface area contributed by atoms with Crippen LogP contribution in [0.1, 0.15) is 90.9 Å². The SMILES string of the molecule is CCC(CCCCC[C@@H]1C[C@H]2C3=CC=C(O)[C@@]3(C)CC[C@H]2C2CCC(O)CC21)OC. The largest absolute Gasteiger partial charge is 0.511 e. The van der Waals surface area contributed by atoms with Crippen LogP contribution in [0, 0.1) is 35.0 Å². The highest BCUT2D eigenvalue weighted by molar-refractivity contribution is 5.40. The molecule has 3 heteroatoms. The Morgan fingerprint density at radius 1 is 1.07 bits per heavy atom. The molecule has 30 heavy (non-hydrogen) atoms.